The molecule has 0 aliphatic heterocycles. The number of aromatic amines is 1. The van der Waals surface area contributed by atoms with E-state index in [0.717, 1.165) is 98.3 Å². The van der Waals surface area contributed by atoms with Gasteiger partial charge in [0.05, 0.1) is 86.5 Å². The van der Waals surface area contributed by atoms with Crippen molar-refractivity contribution in [2.75, 3.05) is 35.8 Å². The van der Waals surface area contributed by atoms with Crippen molar-refractivity contribution >= 4 is 62.1 Å². The van der Waals surface area contributed by atoms with Gasteiger partial charge in [-0.05, 0) is 152 Å². The maximum absolute atomic E-state index is 14.6. The van der Waals surface area contributed by atoms with E-state index < -0.39 is 133 Å². The maximum Gasteiger partial charge on any atom is 0.414 e. The monoisotopic (exact) mass is 2020 g/mol. The van der Waals surface area contributed by atoms with Crippen LogP contribution in [0.2, 0.25) is 5.28 Å². The lowest BCUT2D eigenvalue weighted by molar-refractivity contribution is -0.385. The van der Waals surface area contributed by atoms with Crippen LogP contribution in [0.5, 0.6) is 17.2 Å². The van der Waals surface area contributed by atoms with E-state index in [4.69, 9.17) is 44.1 Å². The number of phenols is 2. The highest BCUT2D eigenvalue weighted by molar-refractivity contribution is 7.86. The summed E-state index contributed by atoms with van der Waals surface area (Å²) in [5.41, 5.74) is 8.96. The topological polar surface area (TPSA) is 455 Å². The van der Waals surface area contributed by atoms with E-state index in [1.165, 1.54) is 86.0 Å². The van der Waals surface area contributed by atoms with Crippen molar-refractivity contribution in [1.29, 1.82) is 5.26 Å². The highest BCUT2D eigenvalue weighted by Crippen LogP contribution is 2.37. The number of nitro groups is 2. The van der Waals surface area contributed by atoms with E-state index in [1.807, 2.05) is 0 Å². The minimum absolute atomic E-state index is 0. The van der Waals surface area contributed by atoms with Crippen LogP contribution in [0.1, 0.15) is 133 Å². The van der Waals surface area contributed by atoms with Crippen molar-refractivity contribution in [3.05, 3.63) is 206 Å². The standard InChI is InChI=1S/C22H22F4N6O.C17H15F4N5O.C11H8ClFN2O.C6H6F3N3O2.C6H8F3N3.C6H11NO3S.C4H7F3.C3H5F3O.C3H3N3O2.2CH4.H2/c1-13-8-28-20(30-16-9-29-32(10-16)14(2)22(24,25)26)31-19(13)15-5-6-18(17(23)7-15)33-12-21(3,4)11-27;1-9-6-22-16(25-15(9)11-3-4-14(27)13(18)5-11)24-12-7-23-26(8-12)10(2)17(19,20)21;1-6-5-14-11(12)15-10(6)7-2-3-9(16)8(13)4-7;1-4(6(7,8)9)11-3-5(2-10-11)12(13)14;1-4(6(7,8)9)12-3-5(10)2-11-12;1-6(2,7-3)5-10-11(4,8)9;1-3(2)4(5,6)7;1-2(7)3(4,5)6;7-6(8)3-1-4-5-2-3;;;/h5-10,14H,12H2,1-4H3,(H,28,30,31);3-8,10,27H,1-2H3,(H,22,24,25);2-5,16H,1H3;2-4H,1H3;2-4H,10H2,1H3;5H2,1-2,4H3;3H,1-2H3;2,7H,1H3;1-2H,(H,4,5);2*1H4;1H. The van der Waals surface area contributed by atoms with Gasteiger partial charge in [0.2, 0.25) is 17.2 Å². The summed E-state index contributed by atoms with van der Waals surface area (Å²) < 4.78 is 291. The minimum atomic E-state index is -4.46. The van der Waals surface area contributed by atoms with Crippen LogP contribution in [0, 0.1) is 87.7 Å². The molecule has 137 heavy (non-hydrogen) atoms. The molecule has 8 aromatic heterocycles. The Labute approximate surface area is 774 Å². The number of ether oxygens (including phenoxy) is 1. The number of benzene rings is 3. The van der Waals surface area contributed by atoms with Crippen LogP contribution in [0.25, 0.3) is 38.6 Å². The van der Waals surface area contributed by atoms with Crippen molar-refractivity contribution in [2.45, 2.75) is 185 Å². The molecule has 3 aromatic carbocycles. The molecule has 57 heteroatoms. The number of halogens is 22. The first-order valence-electron chi connectivity index (χ1n) is 37.8. The molecule has 8 heterocycles. The molecule has 0 saturated carbocycles. The molecule has 5 unspecified atom stereocenters. The normalized spacial score (nSPS) is 12.6. The number of nitrogens with one attached hydrogen (secondary N) is 3. The Morgan fingerprint density at radius 3 is 1.22 bits per heavy atom. The number of aliphatic hydroxyl groups excluding tert-OH is 1. The quantitative estimate of drug-likeness (QED) is 0.00987. The molecular weight excluding hydrogens is 1930 g/mol. The third-order valence-electron chi connectivity index (χ3n) is 16.8. The van der Waals surface area contributed by atoms with Gasteiger partial charge in [0.15, 0.2) is 34.7 Å². The van der Waals surface area contributed by atoms with Crippen LogP contribution in [0.3, 0.4) is 0 Å². The smallest absolute Gasteiger partial charge is 0.414 e. The summed E-state index contributed by atoms with van der Waals surface area (Å²) in [7, 11) is -3.41. The molecule has 11 rings (SSSR count). The van der Waals surface area contributed by atoms with Crippen LogP contribution in [-0.4, -0.2) is 181 Å². The fourth-order valence-electron chi connectivity index (χ4n) is 8.58. The number of rotatable bonds is 19. The molecule has 0 radical (unpaired) electrons. The molecule has 5 atom stereocenters. The van der Waals surface area contributed by atoms with E-state index in [2.05, 4.69) is 86.2 Å². The average Bonchev–Trinajstić information content (AvgIpc) is 0.933. The third kappa shape index (κ3) is 41.5. The number of hydrogen-bond acceptors (Lipinski definition) is 26. The molecule has 0 saturated heterocycles. The zero-order chi connectivity index (χ0) is 103. The molecule has 0 bridgehead atoms. The summed E-state index contributed by atoms with van der Waals surface area (Å²) >= 11 is 5.67. The number of nitrogens with two attached hydrogens (primary N) is 1. The van der Waals surface area contributed by atoms with Gasteiger partial charge in [-0.2, -0.15) is 118 Å². The zero-order valence-electron chi connectivity index (χ0n) is 73.0. The Balaban J connectivity index is 0.00000161. The van der Waals surface area contributed by atoms with Gasteiger partial charge in [-0.15, -0.1) is 0 Å². The third-order valence-corrected chi connectivity index (χ3v) is 17.5. The molecule has 0 amide bonds. The number of aryl methyl sites for hydroxylation is 3. The number of H-pyrrole nitrogens is 1. The van der Waals surface area contributed by atoms with Crippen molar-refractivity contribution in [3.8, 4) is 57.1 Å². The predicted octanol–water partition coefficient (Wildman–Crippen LogP) is 22.0. The lowest BCUT2D eigenvalue weighted by Crippen LogP contribution is -2.24. The molecule has 8 N–H and O–H groups in total. The summed E-state index contributed by atoms with van der Waals surface area (Å²) in [6.45, 7) is 25.3. The van der Waals surface area contributed by atoms with Crippen molar-refractivity contribution < 1.29 is 136 Å². The number of phenolic OH excluding ortho intramolecular Hbond substituents is 2. The van der Waals surface area contributed by atoms with Gasteiger partial charge in [0.1, 0.15) is 62.1 Å². The number of aromatic hydroxyl groups is 2. The van der Waals surface area contributed by atoms with Gasteiger partial charge in [-0.3, -0.25) is 48.2 Å². The van der Waals surface area contributed by atoms with Gasteiger partial charge in [-0.1, -0.05) is 28.7 Å². The van der Waals surface area contributed by atoms with Crippen molar-refractivity contribution in [3.63, 3.8) is 0 Å². The van der Waals surface area contributed by atoms with Crippen LogP contribution in [-0.2, 0) is 14.3 Å². The molecule has 756 valence electrons. The first kappa shape index (κ1) is 121. The number of nitrogens with zero attached hydrogens (tertiary/aromatic N) is 19. The Morgan fingerprint density at radius 1 is 0.555 bits per heavy atom. The van der Waals surface area contributed by atoms with E-state index in [9.17, 15) is 126 Å². The first-order valence-corrected chi connectivity index (χ1v) is 40.0. The molecule has 0 aliphatic carbocycles. The summed E-state index contributed by atoms with van der Waals surface area (Å²) in [6, 6.07) is 7.27. The molecule has 0 spiro atoms. The molecule has 34 nitrogen and oxygen atoms in total. The number of nitriles is 1. The van der Waals surface area contributed by atoms with E-state index in [-0.39, 0.29) is 80.9 Å². The maximum atomic E-state index is 14.6. The van der Waals surface area contributed by atoms with Crippen LogP contribution in [0.4, 0.5) is 133 Å². The second-order valence-electron chi connectivity index (χ2n) is 29.6. The Bertz CT molecular complexity index is 5870. The van der Waals surface area contributed by atoms with Crippen LogP contribution in [0.15, 0.2) is 135 Å². The first-order chi connectivity index (χ1) is 61.8. The number of alkyl halides is 18. The fraction of sp³-hybridized carbons (Fsp3) is 0.412. The Hall–Kier alpha value is -13.8. The summed E-state index contributed by atoms with van der Waals surface area (Å²) in [4.78, 5) is 46.6. The van der Waals surface area contributed by atoms with E-state index in [0.29, 0.717) is 56.5 Å². The second kappa shape index (κ2) is 51.2. The Kier molecular flexibility index (Phi) is 45.3. The van der Waals surface area contributed by atoms with Crippen molar-refractivity contribution in [1.82, 2.24) is 79.2 Å². The van der Waals surface area contributed by atoms with E-state index in [1.54, 1.807) is 66.8 Å². The summed E-state index contributed by atoms with van der Waals surface area (Å²) in [5.74, 6) is -3.91. The van der Waals surface area contributed by atoms with Gasteiger partial charge in [-0.25, -0.2) is 49.6 Å². The number of aliphatic hydroxyl groups is 1. The lowest BCUT2D eigenvalue weighted by atomic mass is 9.98. The number of nitrogen functional groups attached to an aromatic ring is 1. The van der Waals surface area contributed by atoms with Gasteiger partial charge in [0.25, 0.3) is 15.7 Å². The summed E-state index contributed by atoms with van der Waals surface area (Å²) in [5, 5.41) is 80.7. The van der Waals surface area contributed by atoms with E-state index >= 15 is 0 Å². The number of hydrogen-bond donors (Lipinski definition) is 7. The molecule has 11 aromatic rings. The lowest BCUT2D eigenvalue weighted by Gasteiger charge is -2.17. The predicted molar refractivity (Wildman–Crippen MR) is 460 cm³/mol. The molecule has 0 fully saturated rings. The second-order valence-corrected chi connectivity index (χ2v) is 31.6. The number of aromatic nitrogens is 16. The SMILES string of the molecule is C.C.CC(C)C(F)(F)F.CC(O)C(F)(F)F.CC(n1cc(N)cn1)C(F)(F)F.CC(n1cc([N+](=O)[O-])cn1)C(F)(F)F.Cc1cnc(Cl)nc1-c1ccc(O)c(F)c1.Cc1cnc(Nc2cnn(C(C)C(F)(F)F)c2)nc1-c1ccc(O)c(F)c1.Cc1cnc(Nc2cnn(C(C)C(F)(F)F)c2)nc1-c1ccc(OCC(C)(C)C#N)c(F)c1.O=[N+]([O-])c1cn[nH]c1.[C-]#[N+]C(C)(C)COS(C)(=O)=O.[HH]. The average molecular weight is 2020 g/mol. The highest BCUT2D eigenvalue weighted by Gasteiger charge is 2.42. The number of anilines is 5. The fourth-order valence-corrected chi connectivity index (χ4v) is 9.21. The molecule has 0 aliphatic rings. The van der Waals surface area contributed by atoms with Gasteiger partial charge < -0.3 is 41.3 Å². The van der Waals surface area contributed by atoms with Gasteiger partial charge in [0, 0.05) is 75.1 Å². The van der Waals surface area contributed by atoms with Crippen LogP contribution >= 0.6 is 11.6 Å². The summed E-state index contributed by atoms with van der Waals surface area (Å²) in [6.07, 6.45) is -11.6. The zero-order valence-corrected chi connectivity index (χ0v) is 74.6. The molecular formula is C80H95ClF21N23O11S. The highest BCUT2D eigenvalue weighted by atomic mass is 35.5. The van der Waals surface area contributed by atoms with Gasteiger partial charge >= 0.3 is 48.4 Å². The largest absolute Gasteiger partial charge is 0.505 e. The van der Waals surface area contributed by atoms with Crippen LogP contribution < -0.4 is 21.1 Å². The minimum Gasteiger partial charge on any atom is -0.505 e. The van der Waals surface area contributed by atoms with Crippen molar-refractivity contribution in [2.24, 2.45) is 11.3 Å². The Morgan fingerprint density at radius 2 is 0.912 bits per heavy atom.